The number of benzene rings is 1. The van der Waals surface area contributed by atoms with Crippen molar-refractivity contribution in [1.82, 2.24) is 15.4 Å². The molecule has 1 saturated carbocycles. The van der Waals surface area contributed by atoms with Crippen LogP contribution in [0, 0.1) is 0 Å². The Balaban J connectivity index is 0.00000210. The standard InChI is InChI=1S/C24H30ClN3O4S.C2H6/c1-32-22-13-11-18(25)16-21(22)23(29)26-15-14-17-6-5-9-20(12-10-17)33(31)28-24(30)27-19-7-3-2-4-8-19;1-2/h5-6,10-13,16,19H,2-4,7-9,14-15H2,1H3,(H,26,29)(H2,27,28,30);1-2H3. The van der Waals surface area contributed by atoms with E-state index in [1.807, 2.05) is 32.1 Å². The number of hydrogen-bond acceptors (Lipinski definition) is 4. The number of urea groups is 1. The van der Waals surface area contributed by atoms with Crippen LogP contribution in [0.3, 0.4) is 0 Å². The molecule has 7 nitrogen and oxygen atoms in total. The molecule has 9 heteroatoms. The van der Waals surface area contributed by atoms with Gasteiger partial charge in [0.15, 0.2) is 0 Å². The summed E-state index contributed by atoms with van der Waals surface area (Å²) in [4.78, 5) is 25.3. The summed E-state index contributed by atoms with van der Waals surface area (Å²) in [6.45, 7) is 4.42. The number of carbonyl (C=O) groups is 2. The first-order valence-corrected chi connectivity index (χ1v) is 13.7. The summed E-state index contributed by atoms with van der Waals surface area (Å²) < 4.78 is 20.4. The van der Waals surface area contributed by atoms with Crippen molar-refractivity contribution < 1.29 is 18.5 Å². The van der Waals surface area contributed by atoms with Crippen LogP contribution in [0.5, 0.6) is 5.75 Å². The first kappa shape index (κ1) is 28.7. The third kappa shape index (κ3) is 9.53. The number of nitrogens with one attached hydrogen (secondary N) is 3. The minimum absolute atomic E-state index is 0.160. The average molecular weight is 522 g/mol. The molecule has 0 heterocycles. The van der Waals surface area contributed by atoms with E-state index in [0.29, 0.717) is 40.6 Å². The molecule has 1 unspecified atom stereocenters. The average Bonchev–Trinajstić information content (AvgIpc) is 3.11. The summed E-state index contributed by atoms with van der Waals surface area (Å²) in [5.74, 6) is 0.193. The summed E-state index contributed by atoms with van der Waals surface area (Å²) >= 11 is 6.00. The first-order valence-electron chi connectivity index (χ1n) is 12.1. The number of ether oxygens (including phenoxy) is 1. The van der Waals surface area contributed by atoms with E-state index >= 15 is 0 Å². The molecule has 0 saturated heterocycles. The first-order chi connectivity index (χ1) is 17.0. The maximum absolute atomic E-state index is 12.6. The van der Waals surface area contributed by atoms with Crippen LogP contribution in [0.2, 0.25) is 5.02 Å². The van der Waals surface area contributed by atoms with Gasteiger partial charge in [-0.2, -0.15) is 0 Å². The third-order valence-electron chi connectivity index (χ3n) is 5.60. The van der Waals surface area contributed by atoms with Crippen LogP contribution in [-0.4, -0.2) is 35.8 Å². The Kier molecular flexibility index (Phi) is 12.6. The lowest BCUT2D eigenvalue weighted by atomic mass is 9.96. The Hall–Kier alpha value is -2.58. The van der Waals surface area contributed by atoms with Gasteiger partial charge in [-0.3, -0.25) is 9.52 Å². The van der Waals surface area contributed by atoms with Gasteiger partial charge in [-0.1, -0.05) is 62.9 Å². The molecule has 1 aromatic carbocycles. The minimum Gasteiger partial charge on any atom is -0.496 e. The Morgan fingerprint density at radius 1 is 1.14 bits per heavy atom. The van der Waals surface area contributed by atoms with Crippen LogP contribution in [0.25, 0.3) is 0 Å². The van der Waals surface area contributed by atoms with E-state index in [1.54, 1.807) is 24.3 Å². The predicted molar refractivity (Wildman–Crippen MR) is 143 cm³/mol. The summed E-state index contributed by atoms with van der Waals surface area (Å²) in [7, 11) is -0.100. The van der Waals surface area contributed by atoms with Gasteiger partial charge in [-0.15, -0.1) is 0 Å². The highest BCUT2D eigenvalue weighted by atomic mass is 35.5. The maximum atomic E-state index is 12.6. The van der Waals surface area contributed by atoms with Crippen molar-refractivity contribution in [1.29, 1.82) is 0 Å². The Morgan fingerprint density at radius 2 is 1.89 bits per heavy atom. The molecule has 192 valence electrons. The van der Waals surface area contributed by atoms with Gasteiger partial charge in [-0.25, -0.2) is 9.00 Å². The zero-order valence-electron chi connectivity index (χ0n) is 20.7. The lowest BCUT2D eigenvalue weighted by molar-refractivity contribution is 0.0951. The highest BCUT2D eigenvalue weighted by Crippen LogP contribution is 2.23. The number of methoxy groups -OCH3 is 1. The van der Waals surface area contributed by atoms with Gasteiger partial charge in [0.2, 0.25) is 0 Å². The molecular weight excluding hydrogens is 486 g/mol. The molecule has 3 rings (SSSR count). The van der Waals surface area contributed by atoms with Crippen molar-refractivity contribution in [2.75, 3.05) is 13.7 Å². The minimum atomic E-state index is -1.60. The molecule has 0 spiro atoms. The van der Waals surface area contributed by atoms with E-state index in [2.05, 4.69) is 15.4 Å². The molecule has 1 atom stereocenters. The van der Waals surface area contributed by atoms with Crippen LogP contribution >= 0.6 is 11.6 Å². The molecule has 0 aliphatic heterocycles. The molecule has 1 aromatic rings. The number of rotatable bonds is 8. The van der Waals surface area contributed by atoms with Gasteiger partial charge in [-0.05, 0) is 49.1 Å². The largest absolute Gasteiger partial charge is 0.496 e. The monoisotopic (exact) mass is 521 g/mol. The fourth-order valence-corrected chi connectivity index (χ4v) is 4.81. The van der Waals surface area contributed by atoms with E-state index in [4.69, 9.17) is 16.3 Å². The Bertz CT molecular complexity index is 985. The quantitative estimate of drug-likeness (QED) is 0.417. The van der Waals surface area contributed by atoms with Crippen molar-refractivity contribution >= 4 is 34.5 Å². The van der Waals surface area contributed by atoms with Gasteiger partial charge in [0.1, 0.15) is 16.7 Å². The molecule has 0 aromatic heterocycles. The normalized spacial score (nSPS) is 16.5. The molecule has 2 aliphatic carbocycles. The second-order valence-corrected chi connectivity index (χ2v) is 9.71. The second-order valence-electron chi connectivity index (χ2n) is 8.01. The van der Waals surface area contributed by atoms with Crippen LogP contribution in [0.1, 0.15) is 69.2 Å². The van der Waals surface area contributed by atoms with Crippen molar-refractivity contribution in [3.63, 3.8) is 0 Å². The highest BCUT2D eigenvalue weighted by molar-refractivity contribution is 7.87. The summed E-state index contributed by atoms with van der Waals surface area (Å²) in [6, 6.07) is 4.66. The fourth-order valence-electron chi connectivity index (χ4n) is 3.84. The Morgan fingerprint density at radius 3 is 2.60 bits per heavy atom. The number of halogens is 1. The zero-order valence-corrected chi connectivity index (χ0v) is 22.3. The smallest absolute Gasteiger partial charge is 0.327 e. The van der Waals surface area contributed by atoms with Crippen LogP contribution < -0.4 is 20.1 Å². The van der Waals surface area contributed by atoms with Crippen LogP contribution in [-0.2, 0) is 11.0 Å². The molecule has 3 amide bonds. The fraction of sp³-hybridized carbons (Fsp3) is 0.462. The van der Waals surface area contributed by atoms with Gasteiger partial charge >= 0.3 is 6.03 Å². The molecule has 0 bridgehead atoms. The van der Waals surface area contributed by atoms with Crippen molar-refractivity contribution in [3.8, 4) is 5.75 Å². The molecule has 35 heavy (non-hydrogen) atoms. The Labute approximate surface area is 216 Å². The second kappa shape index (κ2) is 15.4. The van der Waals surface area contributed by atoms with E-state index < -0.39 is 17.0 Å². The van der Waals surface area contributed by atoms with E-state index in [9.17, 15) is 13.8 Å². The van der Waals surface area contributed by atoms with Crippen LogP contribution in [0.4, 0.5) is 4.79 Å². The van der Waals surface area contributed by atoms with Gasteiger partial charge in [0.25, 0.3) is 5.91 Å². The van der Waals surface area contributed by atoms with Crippen molar-refractivity contribution in [2.24, 2.45) is 0 Å². The summed E-state index contributed by atoms with van der Waals surface area (Å²) in [5, 5.41) is 6.25. The van der Waals surface area contributed by atoms with Gasteiger partial charge in [0, 0.05) is 28.9 Å². The summed E-state index contributed by atoms with van der Waals surface area (Å²) in [5.41, 5.74) is 1.36. The number of allylic oxidation sites excluding steroid dienone is 5. The summed E-state index contributed by atoms with van der Waals surface area (Å²) in [6.07, 6.45) is 13.9. The lowest BCUT2D eigenvalue weighted by Crippen LogP contribution is -2.43. The highest BCUT2D eigenvalue weighted by Gasteiger charge is 2.18. The topological polar surface area (TPSA) is 96.5 Å². The predicted octanol–water partition coefficient (Wildman–Crippen LogP) is 5.56. The number of carbonyl (C=O) groups excluding carboxylic acids is 2. The van der Waals surface area contributed by atoms with Gasteiger partial charge in [0.05, 0.1) is 12.7 Å². The molecule has 1 fully saturated rings. The number of amides is 3. The molecule has 3 N–H and O–H groups in total. The third-order valence-corrected chi connectivity index (χ3v) is 6.99. The zero-order chi connectivity index (χ0) is 25.6. The van der Waals surface area contributed by atoms with E-state index in [0.717, 1.165) is 31.3 Å². The molecular formula is C26H36ClN3O4S. The maximum Gasteiger partial charge on any atom is 0.327 e. The molecule has 0 radical (unpaired) electrons. The van der Waals surface area contributed by atoms with Crippen LogP contribution in [0.15, 0.2) is 53.0 Å². The molecule has 2 aliphatic rings. The van der Waals surface area contributed by atoms with Gasteiger partial charge < -0.3 is 15.4 Å². The lowest BCUT2D eigenvalue weighted by Gasteiger charge is -2.22. The van der Waals surface area contributed by atoms with E-state index in [-0.39, 0.29) is 11.9 Å². The number of hydrogen-bond donors (Lipinski definition) is 3. The van der Waals surface area contributed by atoms with Crippen molar-refractivity contribution in [2.45, 2.75) is 64.8 Å². The van der Waals surface area contributed by atoms with Crippen molar-refractivity contribution in [3.05, 3.63) is 63.6 Å². The van der Waals surface area contributed by atoms with E-state index in [1.165, 1.54) is 13.5 Å². The SMILES string of the molecule is CC.COc1ccc(Cl)cc1C(=O)NCCC1=CC=C(S(=O)NC(=O)NC2CCCCC2)CC=C1.